The Kier molecular flexibility index (Phi) is 6.40. The number of ketones is 1. The van der Waals surface area contributed by atoms with Gasteiger partial charge in [-0.1, -0.05) is 48.6 Å². The Morgan fingerprint density at radius 3 is 2.78 bits per heavy atom. The van der Waals surface area contributed by atoms with Gasteiger partial charge < -0.3 is 5.32 Å². The zero-order chi connectivity index (χ0) is 22.8. The molecule has 1 saturated carbocycles. The first kappa shape index (κ1) is 22.2. The Morgan fingerprint density at radius 2 is 2.00 bits per heavy atom. The highest BCUT2D eigenvalue weighted by atomic mass is 16.1. The van der Waals surface area contributed by atoms with Crippen LogP contribution < -0.4 is 5.32 Å². The van der Waals surface area contributed by atoms with Gasteiger partial charge in [0.1, 0.15) is 5.69 Å². The van der Waals surface area contributed by atoms with E-state index in [1.807, 2.05) is 25.3 Å². The lowest BCUT2D eigenvalue weighted by Gasteiger charge is -2.19. The Balaban J connectivity index is 1.35. The molecular weight excluding hydrogens is 400 g/mol. The molecule has 0 aliphatic heterocycles. The second-order valence-corrected chi connectivity index (χ2v) is 9.38. The van der Waals surface area contributed by atoms with E-state index in [1.165, 1.54) is 16.7 Å². The average molecular weight is 433 g/mol. The van der Waals surface area contributed by atoms with E-state index in [1.54, 1.807) is 4.68 Å². The van der Waals surface area contributed by atoms with Crippen molar-refractivity contribution in [2.75, 3.05) is 0 Å². The first-order chi connectivity index (χ1) is 15.3. The van der Waals surface area contributed by atoms with Crippen molar-refractivity contribution in [1.29, 1.82) is 0 Å². The molecule has 0 spiro atoms. The summed E-state index contributed by atoms with van der Waals surface area (Å²) < 4.78 is 1.79. The molecule has 1 amide bonds. The van der Waals surface area contributed by atoms with Crippen LogP contribution in [0.4, 0.5) is 0 Å². The van der Waals surface area contributed by atoms with Crippen molar-refractivity contribution in [2.45, 2.75) is 59.5 Å². The highest BCUT2D eigenvalue weighted by molar-refractivity contribution is 5.99. The molecule has 0 saturated heterocycles. The smallest absolute Gasteiger partial charge is 0.247 e. The van der Waals surface area contributed by atoms with E-state index in [9.17, 15) is 9.59 Å². The summed E-state index contributed by atoms with van der Waals surface area (Å²) in [7, 11) is 0. The third-order valence-corrected chi connectivity index (χ3v) is 7.27. The maximum Gasteiger partial charge on any atom is 0.247 e. The highest BCUT2D eigenvalue weighted by Crippen LogP contribution is 2.45. The highest BCUT2D eigenvalue weighted by Gasteiger charge is 2.37. The number of allylic oxidation sites excluding steroid dienone is 2. The van der Waals surface area contributed by atoms with E-state index in [4.69, 9.17) is 0 Å². The van der Waals surface area contributed by atoms with Gasteiger partial charge in [0.15, 0.2) is 5.78 Å². The molecule has 2 aliphatic rings. The number of nitrogens with zero attached hydrogens (tertiary/aromatic N) is 3. The Bertz CT molecular complexity index is 1080. The van der Waals surface area contributed by atoms with Crippen molar-refractivity contribution >= 4 is 11.7 Å². The first-order valence-electron chi connectivity index (χ1n) is 11.5. The number of rotatable bonds is 6. The van der Waals surface area contributed by atoms with Crippen LogP contribution in [-0.4, -0.2) is 26.7 Å². The van der Waals surface area contributed by atoms with Gasteiger partial charge in [-0.25, -0.2) is 4.68 Å². The normalized spacial score (nSPS) is 23.1. The van der Waals surface area contributed by atoms with Crippen molar-refractivity contribution in [2.24, 2.45) is 17.8 Å². The standard InChI is InChI=1S/C26H32N4O2/c1-16-7-5-6-8-21(16)14-30-15-22(28-29-30)13-27-26(32)18(3)20-10-9-17(2)23-12-25(31)19(4)24(23)11-20/h5-8,15,17,20,23H,3,9-14H2,1-2,4H3,(H,27,32)/t17-,20+,23-/m0/s1. The fraction of sp³-hybridized carbons (Fsp3) is 0.462. The Hall–Kier alpha value is -3.02. The zero-order valence-corrected chi connectivity index (χ0v) is 19.2. The summed E-state index contributed by atoms with van der Waals surface area (Å²) in [6.45, 7) is 11.3. The minimum atomic E-state index is -0.142. The van der Waals surface area contributed by atoms with Gasteiger partial charge in [0.05, 0.1) is 19.3 Å². The molecule has 1 aromatic carbocycles. The van der Waals surface area contributed by atoms with Crippen LogP contribution in [0.5, 0.6) is 0 Å². The summed E-state index contributed by atoms with van der Waals surface area (Å²) in [5.41, 5.74) is 5.88. The van der Waals surface area contributed by atoms with Crippen molar-refractivity contribution in [3.8, 4) is 0 Å². The van der Waals surface area contributed by atoms with Crippen molar-refractivity contribution in [3.05, 3.63) is 70.6 Å². The van der Waals surface area contributed by atoms with E-state index in [0.29, 0.717) is 42.6 Å². The van der Waals surface area contributed by atoms with Crippen LogP contribution in [0.25, 0.3) is 0 Å². The van der Waals surface area contributed by atoms with E-state index in [-0.39, 0.29) is 17.6 Å². The molecule has 2 aliphatic carbocycles. The van der Waals surface area contributed by atoms with Gasteiger partial charge in [-0.2, -0.15) is 0 Å². The Labute approximate surface area is 189 Å². The number of hydrogen-bond acceptors (Lipinski definition) is 4. The van der Waals surface area contributed by atoms with Gasteiger partial charge in [0, 0.05) is 12.0 Å². The van der Waals surface area contributed by atoms with Crippen LogP contribution in [0.2, 0.25) is 0 Å². The number of benzene rings is 1. The molecule has 32 heavy (non-hydrogen) atoms. The molecule has 0 unspecified atom stereocenters. The lowest BCUT2D eigenvalue weighted by atomic mass is 9.86. The predicted octanol–water partition coefficient (Wildman–Crippen LogP) is 4.15. The zero-order valence-electron chi connectivity index (χ0n) is 19.2. The van der Waals surface area contributed by atoms with Crippen LogP contribution >= 0.6 is 0 Å². The van der Waals surface area contributed by atoms with E-state index < -0.39 is 0 Å². The summed E-state index contributed by atoms with van der Waals surface area (Å²) >= 11 is 0. The number of hydrogen-bond donors (Lipinski definition) is 1. The van der Waals surface area contributed by atoms with Gasteiger partial charge in [-0.15, -0.1) is 5.10 Å². The average Bonchev–Trinajstić information content (AvgIpc) is 3.29. The van der Waals surface area contributed by atoms with Crippen LogP contribution in [-0.2, 0) is 22.7 Å². The Morgan fingerprint density at radius 1 is 1.22 bits per heavy atom. The molecule has 0 bridgehead atoms. The number of amides is 1. The second kappa shape index (κ2) is 9.23. The SMILES string of the molecule is C=C(C(=O)NCc1cn(Cc2ccccc2C)nn1)[C@@H]1CC[C@H](C)[C@@H]2CC(=O)C(C)=C2C1. The van der Waals surface area contributed by atoms with Gasteiger partial charge >= 0.3 is 0 Å². The number of carbonyl (C=O) groups is 2. The minimum Gasteiger partial charge on any atom is -0.347 e. The van der Waals surface area contributed by atoms with Crippen molar-refractivity contribution in [1.82, 2.24) is 20.3 Å². The molecule has 6 heteroatoms. The van der Waals surface area contributed by atoms with E-state index in [0.717, 1.165) is 24.8 Å². The summed E-state index contributed by atoms with van der Waals surface area (Å²) in [5, 5.41) is 11.3. The fourth-order valence-electron chi connectivity index (χ4n) is 5.04. The maximum absolute atomic E-state index is 12.8. The predicted molar refractivity (Wildman–Crippen MR) is 124 cm³/mol. The molecule has 6 nitrogen and oxygen atoms in total. The molecule has 0 radical (unpaired) electrons. The van der Waals surface area contributed by atoms with Crippen LogP contribution in [0, 0.1) is 24.7 Å². The van der Waals surface area contributed by atoms with Gasteiger partial charge in [0.2, 0.25) is 5.91 Å². The minimum absolute atomic E-state index is 0.0787. The molecule has 4 rings (SSSR count). The van der Waals surface area contributed by atoms with E-state index >= 15 is 0 Å². The molecule has 1 fully saturated rings. The monoisotopic (exact) mass is 432 g/mol. The van der Waals surface area contributed by atoms with Crippen molar-refractivity contribution in [3.63, 3.8) is 0 Å². The van der Waals surface area contributed by atoms with Crippen LogP contribution in [0.15, 0.2) is 53.8 Å². The van der Waals surface area contributed by atoms with E-state index in [2.05, 4.69) is 48.2 Å². The summed E-state index contributed by atoms with van der Waals surface area (Å²) in [4.78, 5) is 25.1. The molecule has 168 valence electrons. The largest absolute Gasteiger partial charge is 0.347 e. The van der Waals surface area contributed by atoms with Gasteiger partial charge in [0.25, 0.3) is 0 Å². The number of fused-ring (bicyclic) bond motifs is 1. The van der Waals surface area contributed by atoms with Gasteiger partial charge in [-0.05, 0) is 67.6 Å². The lowest BCUT2D eigenvalue weighted by molar-refractivity contribution is -0.118. The van der Waals surface area contributed by atoms with Gasteiger partial charge in [-0.3, -0.25) is 9.59 Å². The topological polar surface area (TPSA) is 76.9 Å². The molecule has 3 atom stereocenters. The quantitative estimate of drug-likeness (QED) is 0.696. The number of aryl methyl sites for hydroxylation is 1. The molecule has 1 heterocycles. The molecule has 2 aromatic rings. The fourth-order valence-corrected chi connectivity index (χ4v) is 5.04. The number of Topliss-reactive ketones (excluding diaryl/α,β-unsaturated/α-hetero) is 1. The maximum atomic E-state index is 12.8. The summed E-state index contributed by atoms with van der Waals surface area (Å²) in [6.07, 6.45) is 5.21. The van der Waals surface area contributed by atoms with Crippen molar-refractivity contribution < 1.29 is 9.59 Å². The third kappa shape index (κ3) is 4.59. The summed E-state index contributed by atoms with van der Waals surface area (Å²) in [6, 6.07) is 8.19. The third-order valence-electron chi connectivity index (χ3n) is 7.27. The number of carbonyl (C=O) groups excluding carboxylic acids is 2. The van der Waals surface area contributed by atoms with Crippen LogP contribution in [0.1, 0.15) is 56.4 Å². The number of nitrogens with one attached hydrogen (secondary N) is 1. The second-order valence-electron chi connectivity index (χ2n) is 9.38. The first-order valence-corrected chi connectivity index (χ1v) is 11.5. The summed E-state index contributed by atoms with van der Waals surface area (Å²) in [5.74, 6) is 1.01. The number of aromatic nitrogens is 3. The molecule has 1 aromatic heterocycles. The molecule has 1 N–H and O–H groups in total. The molecular formula is C26H32N4O2. The lowest BCUT2D eigenvalue weighted by Crippen LogP contribution is -2.27. The van der Waals surface area contributed by atoms with Crippen LogP contribution in [0.3, 0.4) is 0 Å².